The molecule has 3 aromatic rings. The molecule has 0 bridgehead atoms. The maximum atomic E-state index is 13.1. The Balaban J connectivity index is 2.30. The van der Waals surface area contributed by atoms with Crippen LogP contribution in [0, 0.1) is 0 Å². The van der Waals surface area contributed by atoms with Crippen molar-refractivity contribution in [2.45, 2.75) is 24.5 Å². The second-order valence-corrected chi connectivity index (χ2v) is 9.36. The topological polar surface area (TPSA) is 78.1 Å². The van der Waals surface area contributed by atoms with E-state index in [2.05, 4.69) is 0 Å². The number of aromatic nitrogens is 2. The molecule has 0 atom stereocenters. The highest BCUT2D eigenvalue weighted by atomic mass is 35.5. The van der Waals surface area contributed by atoms with Gasteiger partial charge in [0.1, 0.15) is 0 Å². The summed E-state index contributed by atoms with van der Waals surface area (Å²) < 4.78 is 65.0. The van der Waals surface area contributed by atoms with Crippen LogP contribution in [0.4, 0.5) is 13.2 Å². The minimum absolute atomic E-state index is 0.0338. The van der Waals surface area contributed by atoms with Gasteiger partial charge in [-0.3, -0.25) is 9.36 Å². The van der Waals surface area contributed by atoms with E-state index in [1.165, 1.54) is 25.1 Å². The number of rotatable bonds is 4. The molecule has 3 rings (SSSR count). The van der Waals surface area contributed by atoms with Gasteiger partial charge in [0.2, 0.25) is 0 Å². The van der Waals surface area contributed by atoms with Gasteiger partial charge in [0.15, 0.2) is 9.84 Å². The fourth-order valence-corrected chi connectivity index (χ4v) is 4.48. The molecule has 0 N–H and O–H groups in total. The standard InChI is InChI=1S/C18H13Cl2F3N2O4S/c1-2-30(28,29)15-6-4-12(19)7-10(15)9-24-16(26)13-8-11(18(21,22)23)3-5-14(13)25(20)17(24)27/h3-8H,2,9H2,1H3. The van der Waals surface area contributed by atoms with Crippen LogP contribution in [0.1, 0.15) is 18.1 Å². The molecule has 0 saturated heterocycles. The third-order valence-electron chi connectivity index (χ3n) is 4.48. The molecule has 0 fully saturated rings. The largest absolute Gasteiger partial charge is 0.416 e. The number of alkyl halides is 3. The van der Waals surface area contributed by atoms with Crippen molar-refractivity contribution in [1.29, 1.82) is 0 Å². The van der Waals surface area contributed by atoms with Crippen LogP contribution >= 0.6 is 23.4 Å². The molecule has 0 aliphatic heterocycles. The zero-order valence-corrected chi connectivity index (χ0v) is 17.5. The Hall–Kier alpha value is -2.30. The summed E-state index contributed by atoms with van der Waals surface area (Å²) in [6.45, 7) is 0.867. The van der Waals surface area contributed by atoms with Gasteiger partial charge in [-0.15, -0.1) is 0 Å². The Morgan fingerprint density at radius 3 is 2.33 bits per heavy atom. The first-order valence-corrected chi connectivity index (χ1v) is 10.8. The summed E-state index contributed by atoms with van der Waals surface area (Å²) in [6, 6.07) is 6.06. The Bertz CT molecular complexity index is 1380. The van der Waals surface area contributed by atoms with E-state index in [1.54, 1.807) is 0 Å². The highest BCUT2D eigenvalue weighted by Crippen LogP contribution is 2.30. The van der Waals surface area contributed by atoms with Crippen molar-refractivity contribution < 1.29 is 21.6 Å². The lowest BCUT2D eigenvalue weighted by Crippen LogP contribution is -2.38. The molecule has 2 aromatic carbocycles. The van der Waals surface area contributed by atoms with Crippen LogP contribution in [0.3, 0.4) is 0 Å². The van der Waals surface area contributed by atoms with E-state index in [9.17, 15) is 31.2 Å². The van der Waals surface area contributed by atoms with Gasteiger partial charge in [0, 0.05) is 16.8 Å². The predicted octanol–water partition coefficient (Wildman–Crippen LogP) is 3.68. The van der Waals surface area contributed by atoms with E-state index in [0.717, 1.165) is 6.07 Å². The van der Waals surface area contributed by atoms with Crippen LogP contribution in [-0.2, 0) is 22.6 Å². The molecule has 1 aromatic heterocycles. The summed E-state index contributed by atoms with van der Waals surface area (Å²) in [5.41, 5.74) is -3.34. The molecule has 0 radical (unpaired) electrons. The first kappa shape index (κ1) is 22.4. The molecule has 30 heavy (non-hydrogen) atoms. The molecule has 0 unspecified atom stereocenters. The summed E-state index contributed by atoms with van der Waals surface area (Å²) in [7, 11) is -3.73. The van der Waals surface area contributed by atoms with Crippen LogP contribution < -0.4 is 11.2 Å². The average molecular weight is 481 g/mol. The minimum atomic E-state index is -4.71. The Morgan fingerprint density at radius 1 is 1.07 bits per heavy atom. The molecular formula is C18H13Cl2F3N2O4S. The number of sulfone groups is 1. The second-order valence-electron chi connectivity index (χ2n) is 6.34. The molecule has 6 nitrogen and oxygen atoms in total. The highest BCUT2D eigenvalue weighted by molar-refractivity contribution is 7.91. The molecule has 0 aliphatic carbocycles. The number of hydrogen-bond acceptors (Lipinski definition) is 4. The molecule has 0 spiro atoms. The Labute approximate surface area is 178 Å². The van der Waals surface area contributed by atoms with E-state index in [0.29, 0.717) is 20.8 Å². The molecular weight excluding hydrogens is 468 g/mol. The summed E-state index contributed by atoms with van der Waals surface area (Å²) >= 11 is 11.9. The molecule has 0 amide bonds. The molecule has 0 saturated carbocycles. The van der Waals surface area contributed by atoms with Gasteiger partial charge >= 0.3 is 11.9 Å². The van der Waals surface area contributed by atoms with E-state index in [4.69, 9.17) is 23.4 Å². The molecule has 12 heteroatoms. The van der Waals surface area contributed by atoms with Gasteiger partial charge in [-0.25, -0.2) is 17.3 Å². The smallest absolute Gasteiger partial charge is 0.268 e. The van der Waals surface area contributed by atoms with Crippen LogP contribution in [-0.4, -0.2) is 22.8 Å². The van der Waals surface area contributed by atoms with Gasteiger partial charge < -0.3 is 0 Å². The monoisotopic (exact) mass is 480 g/mol. The summed E-state index contributed by atoms with van der Waals surface area (Å²) in [6.07, 6.45) is -4.71. The maximum Gasteiger partial charge on any atom is 0.416 e. The number of hydrogen-bond donors (Lipinski definition) is 0. The minimum Gasteiger partial charge on any atom is -0.268 e. The van der Waals surface area contributed by atoms with Gasteiger partial charge in [-0.1, -0.05) is 18.5 Å². The third kappa shape index (κ3) is 3.99. The SMILES string of the molecule is CCS(=O)(=O)c1ccc(Cl)cc1Cn1c(=O)c2cc(C(F)(F)F)ccc2n(Cl)c1=O. The number of nitrogens with zero attached hydrogens (tertiary/aromatic N) is 2. The zero-order valence-electron chi connectivity index (χ0n) is 15.2. The third-order valence-corrected chi connectivity index (χ3v) is 6.87. The van der Waals surface area contributed by atoms with Crippen molar-refractivity contribution in [2.24, 2.45) is 0 Å². The number of halogens is 5. The summed E-state index contributed by atoms with van der Waals surface area (Å²) in [4.78, 5) is 25.3. The van der Waals surface area contributed by atoms with E-state index >= 15 is 0 Å². The maximum absolute atomic E-state index is 13.1. The lowest BCUT2D eigenvalue weighted by molar-refractivity contribution is -0.137. The van der Waals surface area contributed by atoms with Crippen LogP contribution in [0.25, 0.3) is 10.9 Å². The van der Waals surface area contributed by atoms with Crippen molar-refractivity contribution >= 4 is 44.1 Å². The lowest BCUT2D eigenvalue weighted by Gasteiger charge is -2.14. The Morgan fingerprint density at radius 2 is 1.73 bits per heavy atom. The zero-order chi connectivity index (χ0) is 22.4. The van der Waals surface area contributed by atoms with Gasteiger partial charge in [-0.2, -0.15) is 13.2 Å². The first-order chi connectivity index (χ1) is 13.9. The van der Waals surface area contributed by atoms with E-state index < -0.39 is 44.8 Å². The fraction of sp³-hybridized carbons (Fsp3) is 0.222. The second kappa shape index (κ2) is 7.75. The normalized spacial score (nSPS) is 12.5. The highest BCUT2D eigenvalue weighted by Gasteiger charge is 2.31. The van der Waals surface area contributed by atoms with Crippen molar-refractivity contribution in [1.82, 2.24) is 8.65 Å². The quantitative estimate of drug-likeness (QED) is 0.570. The molecule has 160 valence electrons. The predicted molar refractivity (Wildman–Crippen MR) is 107 cm³/mol. The van der Waals surface area contributed by atoms with Crippen LogP contribution in [0.15, 0.2) is 50.9 Å². The van der Waals surface area contributed by atoms with Crippen molar-refractivity contribution in [3.8, 4) is 0 Å². The summed E-state index contributed by atoms with van der Waals surface area (Å²) in [5, 5.41) is -0.291. The van der Waals surface area contributed by atoms with Gasteiger partial charge in [0.05, 0.1) is 33.7 Å². The molecule has 0 aliphatic rings. The summed E-state index contributed by atoms with van der Waals surface area (Å²) in [5.74, 6) is -0.247. The van der Waals surface area contributed by atoms with Gasteiger partial charge in [0.25, 0.3) is 5.56 Å². The average Bonchev–Trinajstić information content (AvgIpc) is 2.68. The van der Waals surface area contributed by atoms with Crippen LogP contribution in [0.2, 0.25) is 5.02 Å². The van der Waals surface area contributed by atoms with Crippen LogP contribution in [0.5, 0.6) is 0 Å². The van der Waals surface area contributed by atoms with Crippen molar-refractivity contribution in [3.05, 3.63) is 73.4 Å². The van der Waals surface area contributed by atoms with E-state index in [-0.39, 0.29) is 26.8 Å². The van der Waals surface area contributed by atoms with Crippen molar-refractivity contribution in [2.75, 3.05) is 5.75 Å². The number of fused-ring (bicyclic) bond motifs is 1. The fourth-order valence-electron chi connectivity index (χ4n) is 2.94. The van der Waals surface area contributed by atoms with Crippen molar-refractivity contribution in [3.63, 3.8) is 0 Å². The first-order valence-electron chi connectivity index (χ1n) is 8.41. The van der Waals surface area contributed by atoms with Gasteiger partial charge in [-0.05, 0) is 42.0 Å². The molecule has 1 heterocycles. The lowest BCUT2D eigenvalue weighted by atomic mass is 10.1. The Kier molecular flexibility index (Phi) is 5.78. The number of benzene rings is 2. The van der Waals surface area contributed by atoms with E-state index in [1.807, 2.05) is 0 Å².